The zero-order chi connectivity index (χ0) is 26.5. The number of Topliss-reactive ketones (excluding diaryl/α,β-unsaturated/α-hetero) is 1. The van der Waals surface area contributed by atoms with Gasteiger partial charge in [0.15, 0.2) is 11.5 Å². The number of nitrogens with zero attached hydrogens (tertiary/aromatic N) is 2. The molecule has 37 heavy (non-hydrogen) atoms. The van der Waals surface area contributed by atoms with E-state index in [1.54, 1.807) is 60.9 Å². The zero-order valence-corrected chi connectivity index (χ0v) is 21.3. The Bertz CT molecular complexity index is 1300. The predicted octanol–water partition coefficient (Wildman–Crippen LogP) is 4.76. The van der Waals surface area contributed by atoms with E-state index in [4.69, 9.17) is 14.2 Å². The minimum atomic E-state index is -0.915. The standard InChI is InChI=1S/C29H30N2O6/c1-18(2)17-37-21-12-10-20(11-13-21)26(32)24-25(22-8-5-9-23(35-3)28(22)36-4)31(29(34)27(24)33)16-19-7-6-14-30-15-19/h5-15,18,25,32H,16-17H2,1-4H3/b26-24+. The molecule has 1 aromatic heterocycles. The van der Waals surface area contributed by atoms with Gasteiger partial charge in [-0.2, -0.15) is 0 Å². The number of hydrogen-bond acceptors (Lipinski definition) is 7. The summed E-state index contributed by atoms with van der Waals surface area (Å²) < 4.78 is 16.8. The smallest absolute Gasteiger partial charge is 0.295 e. The van der Waals surface area contributed by atoms with Gasteiger partial charge in [0.25, 0.3) is 11.7 Å². The summed E-state index contributed by atoms with van der Waals surface area (Å²) in [5, 5.41) is 11.4. The lowest BCUT2D eigenvalue weighted by molar-refractivity contribution is -0.140. The third-order valence-electron chi connectivity index (χ3n) is 6.05. The van der Waals surface area contributed by atoms with Gasteiger partial charge in [0.2, 0.25) is 0 Å². The van der Waals surface area contributed by atoms with Crippen LogP contribution >= 0.6 is 0 Å². The number of carbonyl (C=O) groups excluding carboxylic acids is 2. The molecule has 0 bridgehead atoms. The molecule has 2 aromatic carbocycles. The lowest BCUT2D eigenvalue weighted by Crippen LogP contribution is -2.29. The van der Waals surface area contributed by atoms with Crippen LogP contribution in [0.2, 0.25) is 0 Å². The van der Waals surface area contributed by atoms with Crippen LogP contribution < -0.4 is 14.2 Å². The summed E-state index contributed by atoms with van der Waals surface area (Å²) in [6.07, 6.45) is 3.27. The second-order valence-corrected chi connectivity index (χ2v) is 9.10. The third kappa shape index (κ3) is 5.28. The van der Waals surface area contributed by atoms with E-state index in [-0.39, 0.29) is 17.9 Å². The number of carbonyl (C=O) groups is 2. The number of aliphatic hydroxyl groups is 1. The van der Waals surface area contributed by atoms with Gasteiger partial charge >= 0.3 is 0 Å². The number of para-hydroxylation sites is 1. The lowest BCUT2D eigenvalue weighted by atomic mass is 9.94. The van der Waals surface area contributed by atoms with Crippen molar-refractivity contribution < 1.29 is 28.9 Å². The van der Waals surface area contributed by atoms with Crippen LogP contribution in [0.4, 0.5) is 0 Å². The number of rotatable bonds is 9. The maximum Gasteiger partial charge on any atom is 0.295 e. The molecule has 2 heterocycles. The Morgan fingerprint density at radius 2 is 1.78 bits per heavy atom. The third-order valence-corrected chi connectivity index (χ3v) is 6.05. The predicted molar refractivity (Wildman–Crippen MR) is 138 cm³/mol. The molecule has 1 amide bonds. The van der Waals surface area contributed by atoms with E-state index in [1.807, 2.05) is 6.07 Å². The fraction of sp³-hybridized carbons (Fsp3) is 0.276. The molecule has 1 aliphatic rings. The van der Waals surface area contributed by atoms with Crippen molar-refractivity contribution in [1.29, 1.82) is 0 Å². The SMILES string of the molecule is COc1cccc(C2/C(=C(\O)c3ccc(OCC(C)C)cc3)C(=O)C(=O)N2Cc2cccnc2)c1OC. The first-order valence-corrected chi connectivity index (χ1v) is 12.0. The van der Waals surface area contributed by atoms with E-state index in [1.165, 1.54) is 19.1 Å². The minimum absolute atomic E-state index is 0.0312. The monoisotopic (exact) mass is 502 g/mol. The molecular weight excluding hydrogens is 472 g/mol. The Hall–Kier alpha value is -4.33. The highest BCUT2D eigenvalue weighted by Gasteiger charge is 2.47. The van der Waals surface area contributed by atoms with Gasteiger partial charge in [0.1, 0.15) is 11.5 Å². The van der Waals surface area contributed by atoms with Crippen LogP contribution in [0.1, 0.15) is 36.6 Å². The highest BCUT2D eigenvalue weighted by Crippen LogP contribution is 2.46. The van der Waals surface area contributed by atoms with E-state index in [2.05, 4.69) is 18.8 Å². The van der Waals surface area contributed by atoms with E-state index in [0.717, 1.165) is 5.56 Å². The van der Waals surface area contributed by atoms with Crippen molar-refractivity contribution in [1.82, 2.24) is 9.88 Å². The summed E-state index contributed by atoms with van der Waals surface area (Å²) in [6, 6.07) is 14.7. The number of aliphatic hydroxyl groups excluding tert-OH is 1. The van der Waals surface area contributed by atoms with Crippen molar-refractivity contribution in [2.45, 2.75) is 26.4 Å². The van der Waals surface area contributed by atoms with Crippen LogP contribution in [0, 0.1) is 5.92 Å². The maximum absolute atomic E-state index is 13.4. The largest absolute Gasteiger partial charge is 0.507 e. The Balaban J connectivity index is 1.84. The molecule has 8 heteroatoms. The Labute approximate surface area is 216 Å². The Morgan fingerprint density at radius 3 is 2.41 bits per heavy atom. The minimum Gasteiger partial charge on any atom is -0.507 e. The van der Waals surface area contributed by atoms with Crippen LogP contribution in [-0.2, 0) is 16.1 Å². The molecule has 4 rings (SSSR count). The fourth-order valence-corrected chi connectivity index (χ4v) is 4.31. The summed E-state index contributed by atoms with van der Waals surface area (Å²) in [4.78, 5) is 32.2. The van der Waals surface area contributed by atoms with Gasteiger partial charge < -0.3 is 24.2 Å². The van der Waals surface area contributed by atoms with Gasteiger partial charge in [-0.25, -0.2) is 0 Å². The maximum atomic E-state index is 13.4. The van der Waals surface area contributed by atoms with Crippen molar-refractivity contribution >= 4 is 17.4 Å². The summed E-state index contributed by atoms with van der Waals surface area (Å²) in [5.41, 5.74) is 1.62. The lowest BCUT2D eigenvalue weighted by Gasteiger charge is -2.27. The number of methoxy groups -OCH3 is 2. The molecule has 0 aliphatic carbocycles. The average Bonchev–Trinajstić information content (AvgIpc) is 3.16. The number of pyridine rings is 1. The van der Waals surface area contributed by atoms with Crippen molar-refractivity contribution in [2.24, 2.45) is 5.92 Å². The van der Waals surface area contributed by atoms with Gasteiger partial charge in [-0.1, -0.05) is 32.0 Å². The quantitative estimate of drug-likeness (QED) is 0.256. The van der Waals surface area contributed by atoms with Crippen LogP contribution in [0.3, 0.4) is 0 Å². The number of likely N-dealkylation sites (tertiary alicyclic amines) is 1. The number of ketones is 1. The Kier molecular flexibility index (Phi) is 7.77. The van der Waals surface area contributed by atoms with E-state index >= 15 is 0 Å². The number of ether oxygens (including phenoxy) is 3. The molecule has 1 unspecified atom stereocenters. The van der Waals surface area contributed by atoms with E-state index < -0.39 is 17.7 Å². The number of aromatic nitrogens is 1. The molecule has 0 spiro atoms. The van der Waals surface area contributed by atoms with Gasteiger partial charge in [-0.05, 0) is 47.9 Å². The zero-order valence-electron chi connectivity index (χ0n) is 21.3. The normalized spacial score (nSPS) is 16.8. The second kappa shape index (κ2) is 11.2. The summed E-state index contributed by atoms with van der Waals surface area (Å²) >= 11 is 0. The first kappa shape index (κ1) is 25.8. The van der Waals surface area contributed by atoms with Gasteiger partial charge in [0, 0.05) is 30.1 Å². The van der Waals surface area contributed by atoms with E-state index in [0.29, 0.717) is 40.9 Å². The second-order valence-electron chi connectivity index (χ2n) is 9.10. The van der Waals surface area contributed by atoms with Crippen molar-refractivity contribution in [3.05, 3.63) is 89.3 Å². The summed E-state index contributed by atoms with van der Waals surface area (Å²) in [6.45, 7) is 4.78. The fourth-order valence-electron chi connectivity index (χ4n) is 4.31. The first-order valence-electron chi connectivity index (χ1n) is 12.0. The van der Waals surface area contributed by atoms with Crippen molar-refractivity contribution in [3.8, 4) is 17.2 Å². The molecular formula is C29H30N2O6. The molecule has 8 nitrogen and oxygen atoms in total. The van der Waals surface area contributed by atoms with Gasteiger partial charge in [-0.15, -0.1) is 0 Å². The highest BCUT2D eigenvalue weighted by molar-refractivity contribution is 6.46. The molecule has 1 N–H and O–H groups in total. The van der Waals surface area contributed by atoms with Gasteiger partial charge in [0.05, 0.1) is 32.4 Å². The van der Waals surface area contributed by atoms with Crippen LogP contribution in [0.15, 0.2) is 72.6 Å². The molecule has 3 aromatic rings. The molecule has 1 aliphatic heterocycles. The van der Waals surface area contributed by atoms with Crippen LogP contribution in [0.25, 0.3) is 5.76 Å². The number of hydrogen-bond donors (Lipinski definition) is 1. The van der Waals surface area contributed by atoms with Crippen LogP contribution in [0.5, 0.6) is 17.2 Å². The highest BCUT2D eigenvalue weighted by atomic mass is 16.5. The summed E-state index contributed by atoms with van der Waals surface area (Å²) in [7, 11) is 3.00. The molecule has 1 saturated heterocycles. The summed E-state index contributed by atoms with van der Waals surface area (Å²) in [5.74, 6) is 0.0379. The Morgan fingerprint density at radius 1 is 1.03 bits per heavy atom. The molecule has 1 fully saturated rings. The molecule has 0 saturated carbocycles. The van der Waals surface area contributed by atoms with E-state index in [9.17, 15) is 14.7 Å². The number of amides is 1. The molecule has 0 radical (unpaired) electrons. The average molecular weight is 503 g/mol. The van der Waals surface area contributed by atoms with Crippen molar-refractivity contribution in [2.75, 3.05) is 20.8 Å². The van der Waals surface area contributed by atoms with Gasteiger partial charge in [-0.3, -0.25) is 14.6 Å². The molecule has 1 atom stereocenters. The van der Waals surface area contributed by atoms with Crippen molar-refractivity contribution in [3.63, 3.8) is 0 Å². The topological polar surface area (TPSA) is 98.2 Å². The number of benzene rings is 2. The molecule has 192 valence electrons. The van der Waals surface area contributed by atoms with Crippen LogP contribution in [-0.4, -0.2) is 47.5 Å². The first-order chi connectivity index (χ1) is 17.8.